The van der Waals surface area contributed by atoms with Crippen LogP contribution in [-0.4, -0.2) is 19.6 Å². The SMILES string of the molecule is COc1ccc(C)cc1NC(=O)CCOc1ccc(C(C)(C)C)cc1. The smallest absolute Gasteiger partial charge is 0.227 e. The largest absolute Gasteiger partial charge is 0.495 e. The summed E-state index contributed by atoms with van der Waals surface area (Å²) in [7, 11) is 1.59. The summed E-state index contributed by atoms with van der Waals surface area (Å²) in [5.41, 5.74) is 3.11. The first-order valence-electron chi connectivity index (χ1n) is 8.47. The Kier molecular flexibility index (Phi) is 6.07. The van der Waals surface area contributed by atoms with Gasteiger partial charge in [0.2, 0.25) is 5.91 Å². The van der Waals surface area contributed by atoms with Crippen molar-refractivity contribution in [3.63, 3.8) is 0 Å². The molecule has 0 saturated carbocycles. The van der Waals surface area contributed by atoms with E-state index in [1.807, 2.05) is 37.3 Å². The number of ether oxygens (including phenoxy) is 2. The first kappa shape index (κ1) is 18.8. The highest BCUT2D eigenvalue weighted by Gasteiger charge is 2.13. The Balaban J connectivity index is 1.86. The molecule has 2 rings (SSSR count). The van der Waals surface area contributed by atoms with Gasteiger partial charge in [0.1, 0.15) is 11.5 Å². The number of anilines is 1. The van der Waals surface area contributed by atoms with Crippen LogP contribution in [0.1, 0.15) is 38.3 Å². The summed E-state index contributed by atoms with van der Waals surface area (Å²) >= 11 is 0. The van der Waals surface area contributed by atoms with Crippen LogP contribution in [0.2, 0.25) is 0 Å². The summed E-state index contributed by atoms with van der Waals surface area (Å²) in [5, 5.41) is 2.87. The molecular formula is C21H27NO3. The third-order valence-electron chi connectivity index (χ3n) is 3.95. The molecule has 2 aromatic carbocycles. The summed E-state index contributed by atoms with van der Waals surface area (Å²) in [6.45, 7) is 8.82. The minimum absolute atomic E-state index is 0.102. The van der Waals surface area contributed by atoms with Crippen LogP contribution in [0.3, 0.4) is 0 Å². The molecule has 0 bridgehead atoms. The molecule has 134 valence electrons. The molecule has 0 unspecified atom stereocenters. The van der Waals surface area contributed by atoms with Crippen LogP contribution < -0.4 is 14.8 Å². The van der Waals surface area contributed by atoms with Crippen molar-refractivity contribution in [2.75, 3.05) is 19.0 Å². The number of amides is 1. The standard InChI is InChI=1S/C21H27NO3/c1-15-6-11-19(24-5)18(14-15)22-20(23)12-13-25-17-9-7-16(8-10-17)21(2,3)4/h6-11,14H,12-13H2,1-5H3,(H,22,23). The molecule has 1 amide bonds. The molecule has 0 aromatic heterocycles. The second-order valence-electron chi connectivity index (χ2n) is 7.12. The lowest BCUT2D eigenvalue weighted by molar-refractivity contribution is -0.116. The minimum atomic E-state index is -0.102. The molecule has 0 radical (unpaired) electrons. The second-order valence-corrected chi connectivity index (χ2v) is 7.12. The lowest BCUT2D eigenvalue weighted by Gasteiger charge is -2.19. The highest BCUT2D eigenvalue weighted by Crippen LogP contribution is 2.26. The maximum absolute atomic E-state index is 12.1. The Labute approximate surface area is 150 Å². The number of benzene rings is 2. The topological polar surface area (TPSA) is 47.6 Å². The Bertz CT molecular complexity index is 715. The molecule has 0 fully saturated rings. The third-order valence-corrected chi connectivity index (χ3v) is 3.95. The van der Waals surface area contributed by atoms with Crippen molar-refractivity contribution in [1.82, 2.24) is 0 Å². The van der Waals surface area contributed by atoms with Gasteiger partial charge in [-0.05, 0) is 47.7 Å². The molecule has 0 aliphatic carbocycles. The van der Waals surface area contributed by atoms with Crippen LogP contribution in [0.5, 0.6) is 11.5 Å². The highest BCUT2D eigenvalue weighted by molar-refractivity contribution is 5.92. The van der Waals surface area contributed by atoms with E-state index in [0.717, 1.165) is 11.3 Å². The molecule has 0 atom stereocenters. The van der Waals surface area contributed by atoms with Crippen LogP contribution in [0.4, 0.5) is 5.69 Å². The van der Waals surface area contributed by atoms with Gasteiger partial charge in [-0.1, -0.05) is 39.0 Å². The van der Waals surface area contributed by atoms with Crippen molar-refractivity contribution in [2.45, 2.75) is 39.5 Å². The number of hydrogen-bond acceptors (Lipinski definition) is 3. The highest BCUT2D eigenvalue weighted by atomic mass is 16.5. The summed E-state index contributed by atoms with van der Waals surface area (Å²) < 4.78 is 10.9. The first-order chi connectivity index (χ1) is 11.8. The summed E-state index contributed by atoms with van der Waals surface area (Å²) in [4.78, 5) is 12.1. The number of nitrogens with one attached hydrogen (secondary N) is 1. The third kappa shape index (κ3) is 5.52. The fourth-order valence-corrected chi connectivity index (χ4v) is 2.44. The van der Waals surface area contributed by atoms with Crippen LogP contribution in [-0.2, 0) is 10.2 Å². The fourth-order valence-electron chi connectivity index (χ4n) is 2.44. The van der Waals surface area contributed by atoms with Crippen LogP contribution in [0.25, 0.3) is 0 Å². The molecule has 4 heteroatoms. The van der Waals surface area contributed by atoms with Gasteiger partial charge in [-0.3, -0.25) is 4.79 Å². The van der Waals surface area contributed by atoms with Gasteiger partial charge in [0.15, 0.2) is 0 Å². The van der Waals surface area contributed by atoms with E-state index < -0.39 is 0 Å². The Morgan fingerprint density at radius 1 is 1.08 bits per heavy atom. The van der Waals surface area contributed by atoms with Crippen molar-refractivity contribution in [3.8, 4) is 11.5 Å². The zero-order chi connectivity index (χ0) is 18.4. The minimum Gasteiger partial charge on any atom is -0.495 e. The summed E-state index contributed by atoms with van der Waals surface area (Å²) in [6.07, 6.45) is 0.276. The molecule has 0 aliphatic heterocycles. The second kappa shape index (κ2) is 8.06. The number of hydrogen-bond donors (Lipinski definition) is 1. The molecule has 4 nitrogen and oxygen atoms in total. The quantitative estimate of drug-likeness (QED) is 0.828. The maximum Gasteiger partial charge on any atom is 0.227 e. The summed E-state index contributed by atoms with van der Waals surface area (Å²) in [6, 6.07) is 13.7. The van der Waals surface area contributed by atoms with E-state index in [2.05, 4.69) is 38.2 Å². The van der Waals surface area contributed by atoms with Crippen molar-refractivity contribution in [1.29, 1.82) is 0 Å². The molecule has 1 N–H and O–H groups in total. The lowest BCUT2D eigenvalue weighted by Crippen LogP contribution is -2.16. The van der Waals surface area contributed by atoms with Crippen molar-refractivity contribution >= 4 is 11.6 Å². The maximum atomic E-state index is 12.1. The van der Waals surface area contributed by atoms with E-state index in [-0.39, 0.29) is 17.7 Å². The number of methoxy groups -OCH3 is 1. The molecule has 0 spiro atoms. The lowest BCUT2D eigenvalue weighted by atomic mass is 9.87. The van der Waals surface area contributed by atoms with Gasteiger partial charge in [-0.2, -0.15) is 0 Å². The van der Waals surface area contributed by atoms with Crippen molar-refractivity contribution in [3.05, 3.63) is 53.6 Å². The number of carbonyl (C=O) groups is 1. The Morgan fingerprint density at radius 3 is 2.36 bits per heavy atom. The van der Waals surface area contributed by atoms with Gasteiger partial charge < -0.3 is 14.8 Å². The van der Waals surface area contributed by atoms with Crippen LogP contribution in [0.15, 0.2) is 42.5 Å². The average molecular weight is 341 g/mol. The van der Waals surface area contributed by atoms with Gasteiger partial charge >= 0.3 is 0 Å². The number of rotatable bonds is 6. The monoisotopic (exact) mass is 341 g/mol. The number of carbonyl (C=O) groups excluding carboxylic acids is 1. The zero-order valence-corrected chi connectivity index (χ0v) is 15.7. The first-order valence-corrected chi connectivity index (χ1v) is 8.47. The Hall–Kier alpha value is -2.49. The average Bonchev–Trinajstić information content (AvgIpc) is 2.55. The van der Waals surface area contributed by atoms with Gasteiger partial charge in [0.25, 0.3) is 0 Å². The normalized spacial score (nSPS) is 11.1. The van der Waals surface area contributed by atoms with Gasteiger partial charge in [-0.25, -0.2) is 0 Å². The molecule has 0 aliphatic rings. The summed E-state index contributed by atoms with van der Waals surface area (Å²) in [5.74, 6) is 1.32. The van der Waals surface area contributed by atoms with Crippen molar-refractivity contribution in [2.24, 2.45) is 0 Å². The van der Waals surface area contributed by atoms with E-state index in [4.69, 9.17) is 9.47 Å². The van der Waals surface area contributed by atoms with Gasteiger partial charge in [0, 0.05) is 0 Å². The van der Waals surface area contributed by atoms with E-state index in [0.29, 0.717) is 18.0 Å². The number of aryl methyl sites for hydroxylation is 1. The molecule has 2 aromatic rings. The van der Waals surface area contributed by atoms with E-state index in [9.17, 15) is 4.79 Å². The molecule has 0 heterocycles. The van der Waals surface area contributed by atoms with Gasteiger partial charge in [-0.15, -0.1) is 0 Å². The molecule has 25 heavy (non-hydrogen) atoms. The fraction of sp³-hybridized carbons (Fsp3) is 0.381. The van der Waals surface area contributed by atoms with Gasteiger partial charge in [0.05, 0.1) is 25.8 Å². The van der Waals surface area contributed by atoms with Crippen LogP contribution >= 0.6 is 0 Å². The molecular weight excluding hydrogens is 314 g/mol. The molecule has 0 saturated heterocycles. The van der Waals surface area contributed by atoms with E-state index in [1.165, 1.54) is 5.56 Å². The van der Waals surface area contributed by atoms with E-state index in [1.54, 1.807) is 7.11 Å². The van der Waals surface area contributed by atoms with E-state index >= 15 is 0 Å². The predicted octanol–water partition coefficient (Wildman–Crippen LogP) is 4.71. The zero-order valence-electron chi connectivity index (χ0n) is 15.7. The Morgan fingerprint density at radius 2 is 1.76 bits per heavy atom. The van der Waals surface area contributed by atoms with Crippen molar-refractivity contribution < 1.29 is 14.3 Å². The predicted molar refractivity (Wildman–Crippen MR) is 102 cm³/mol. The van der Waals surface area contributed by atoms with Crippen LogP contribution in [0, 0.1) is 6.92 Å².